The minimum atomic E-state index is 0.216. The average molecular weight is 346 g/mol. The Morgan fingerprint density at radius 1 is 1.04 bits per heavy atom. The van der Waals surface area contributed by atoms with Gasteiger partial charge in [-0.3, -0.25) is 0 Å². The molecule has 8 N–H and O–H groups in total. The quantitative estimate of drug-likeness (QED) is 0.439. The highest BCUT2D eigenvalue weighted by molar-refractivity contribution is 5.83. The molecule has 0 bridgehead atoms. The molecule has 2 aromatic carbocycles. The molecule has 0 aliphatic heterocycles. The van der Waals surface area contributed by atoms with Crippen molar-refractivity contribution in [2.24, 2.45) is 0 Å². The van der Waals surface area contributed by atoms with Crippen molar-refractivity contribution in [1.82, 2.24) is 10.3 Å². The number of hydrogen-bond acceptors (Lipinski definition) is 6. The lowest BCUT2D eigenvalue weighted by atomic mass is 10.1. The molecule has 0 atom stereocenters. The van der Waals surface area contributed by atoms with Crippen LogP contribution in [0.5, 0.6) is 0 Å². The van der Waals surface area contributed by atoms with Crippen LogP contribution < -0.4 is 22.5 Å². The molecule has 0 aliphatic rings. The maximum Gasteiger partial charge on any atom is 0.149 e. The topological polar surface area (TPSA) is 127 Å². The van der Waals surface area contributed by atoms with Gasteiger partial charge in [0, 0.05) is 25.4 Å². The summed E-state index contributed by atoms with van der Waals surface area (Å²) in [6.45, 7) is 0.665. The molecule has 6 heteroatoms. The molecule has 3 rings (SSSR count). The van der Waals surface area contributed by atoms with E-state index < -0.39 is 0 Å². The molecule has 0 saturated carbocycles. The third-order valence-corrected chi connectivity index (χ3v) is 4.18. The van der Waals surface area contributed by atoms with E-state index in [1.54, 1.807) is 6.07 Å². The van der Waals surface area contributed by atoms with Crippen molar-refractivity contribution in [1.29, 1.82) is 5.41 Å². The molecule has 132 valence electrons. The standard InChI is InChI=1S/C20H22N6/c21-10-14(8-17-9-18(22)26-20(24)19(17)23)12-25-11-13-5-6-15-3-1-2-4-16(15)7-13/h1-7,9-10,12,21,25H,8,11,23H2,(H4,22,24,26)/b14-12-,21-10?. The number of pyridine rings is 1. The van der Waals surface area contributed by atoms with E-state index in [9.17, 15) is 0 Å². The molecule has 1 aromatic heterocycles. The number of fused-ring (bicyclic) bond motifs is 1. The van der Waals surface area contributed by atoms with E-state index in [0.29, 0.717) is 24.5 Å². The molecule has 3 aromatic rings. The Labute approximate surface area is 152 Å². The van der Waals surface area contributed by atoms with E-state index >= 15 is 0 Å². The van der Waals surface area contributed by atoms with E-state index in [2.05, 4.69) is 40.6 Å². The summed E-state index contributed by atoms with van der Waals surface area (Å²) in [6.07, 6.45) is 3.56. The lowest BCUT2D eigenvalue weighted by molar-refractivity contribution is 0.862. The highest BCUT2D eigenvalue weighted by Crippen LogP contribution is 2.22. The first-order valence-corrected chi connectivity index (χ1v) is 8.27. The Morgan fingerprint density at radius 2 is 1.81 bits per heavy atom. The van der Waals surface area contributed by atoms with Crippen LogP contribution in [0.4, 0.5) is 17.3 Å². The number of allylic oxidation sites excluding steroid dienone is 1. The van der Waals surface area contributed by atoms with Crippen LogP contribution in [0, 0.1) is 5.41 Å². The van der Waals surface area contributed by atoms with Crippen molar-refractivity contribution in [2.45, 2.75) is 13.0 Å². The van der Waals surface area contributed by atoms with E-state index in [-0.39, 0.29) is 5.82 Å². The van der Waals surface area contributed by atoms with Gasteiger partial charge >= 0.3 is 0 Å². The molecule has 26 heavy (non-hydrogen) atoms. The summed E-state index contributed by atoms with van der Waals surface area (Å²) in [7, 11) is 0. The van der Waals surface area contributed by atoms with Crippen LogP contribution in [0.3, 0.4) is 0 Å². The predicted octanol–water partition coefficient (Wildman–Crippen LogP) is 2.85. The number of benzene rings is 2. The maximum absolute atomic E-state index is 7.63. The molecule has 0 amide bonds. The number of nitrogens with zero attached hydrogens (tertiary/aromatic N) is 1. The number of nitrogens with two attached hydrogens (primary N) is 3. The van der Waals surface area contributed by atoms with Crippen LogP contribution in [0.15, 0.2) is 60.3 Å². The number of aromatic nitrogens is 1. The summed E-state index contributed by atoms with van der Waals surface area (Å²) < 4.78 is 0. The zero-order valence-electron chi connectivity index (χ0n) is 14.4. The molecule has 0 spiro atoms. The number of anilines is 3. The molecule has 0 fully saturated rings. The SMILES string of the molecule is N=C/C(=C\NCc1ccc2ccccc2c1)Cc1cc(N)nc(N)c1N. The van der Waals surface area contributed by atoms with Gasteiger partial charge in [-0.15, -0.1) is 0 Å². The number of hydrogen-bond donors (Lipinski definition) is 5. The fourth-order valence-electron chi connectivity index (χ4n) is 2.81. The van der Waals surface area contributed by atoms with Crippen LogP contribution in [0.25, 0.3) is 10.8 Å². The largest absolute Gasteiger partial charge is 0.396 e. The third-order valence-electron chi connectivity index (χ3n) is 4.18. The Bertz CT molecular complexity index is 977. The van der Waals surface area contributed by atoms with Gasteiger partial charge in [0.05, 0.1) is 5.69 Å². The molecule has 0 radical (unpaired) electrons. The van der Waals surface area contributed by atoms with Crippen LogP contribution in [-0.4, -0.2) is 11.2 Å². The number of nitrogen functional groups attached to an aromatic ring is 3. The van der Waals surface area contributed by atoms with E-state index in [4.69, 9.17) is 22.6 Å². The summed E-state index contributed by atoms with van der Waals surface area (Å²) in [5.41, 5.74) is 20.5. The third kappa shape index (κ3) is 3.92. The van der Waals surface area contributed by atoms with Crippen molar-refractivity contribution in [3.05, 3.63) is 71.4 Å². The zero-order chi connectivity index (χ0) is 18.5. The second kappa shape index (κ2) is 7.57. The Morgan fingerprint density at radius 3 is 2.58 bits per heavy atom. The molecule has 0 aliphatic carbocycles. The van der Waals surface area contributed by atoms with Gasteiger partial charge in [0.1, 0.15) is 11.6 Å². The van der Waals surface area contributed by atoms with Crippen LogP contribution in [-0.2, 0) is 13.0 Å². The fraction of sp³-hybridized carbons (Fsp3) is 0.100. The molecular weight excluding hydrogens is 324 g/mol. The van der Waals surface area contributed by atoms with Crippen molar-refractivity contribution in [3.63, 3.8) is 0 Å². The lowest BCUT2D eigenvalue weighted by Gasteiger charge is -2.10. The molecule has 0 unspecified atom stereocenters. The summed E-state index contributed by atoms with van der Waals surface area (Å²) in [4.78, 5) is 3.93. The summed E-state index contributed by atoms with van der Waals surface area (Å²) in [5.74, 6) is 0.536. The number of nitrogens with one attached hydrogen (secondary N) is 2. The molecule has 6 nitrogen and oxygen atoms in total. The highest BCUT2D eigenvalue weighted by Gasteiger charge is 2.08. The van der Waals surface area contributed by atoms with Gasteiger partial charge in [-0.05, 0) is 39.6 Å². The van der Waals surface area contributed by atoms with Gasteiger partial charge in [-0.25, -0.2) is 4.98 Å². The van der Waals surface area contributed by atoms with Gasteiger partial charge in [0.25, 0.3) is 0 Å². The second-order valence-electron chi connectivity index (χ2n) is 6.11. The highest BCUT2D eigenvalue weighted by atomic mass is 14.9. The van der Waals surface area contributed by atoms with Crippen LogP contribution >= 0.6 is 0 Å². The average Bonchev–Trinajstić information content (AvgIpc) is 2.64. The first kappa shape index (κ1) is 17.3. The van der Waals surface area contributed by atoms with Gasteiger partial charge in [-0.1, -0.05) is 36.4 Å². The van der Waals surface area contributed by atoms with E-state index in [1.807, 2.05) is 18.3 Å². The smallest absolute Gasteiger partial charge is 0.149 e. The molecular formula is C20H22N6. The molecule has 0 saturated heterocycles. The summed E-state index contributed by atoms with van der Waals surface area (Å²) >= 11 is 0. The van der Waals surface area contributed by atoms with Crippen LogP contribution in [0.2, 0.25) is 0 Å². The van der Waals surface area contributed by atoms with E-state index in [0.717, 1.165) is 11.1 Å². The Kier molecular flexibility index (Phi) is 5.03. The minimum Gasteiger partial charge on any atom is -0.396 e. The first-order chi connectivity index (χ1) is 12.6. The lowest BCUT2D eigenvalue weighted by Crippen LogP contribution is -2.09. The van der Waals surface area contributed by atoms with Crippen molar-refractivity contribution >= 4 is 34.3 Å². The van der Waals surface area contributed by atoms with Crippen molar-refractivity contribution < 1.29 is 0 Å². The van der Waals surface area contributed by atoms with Crippen molar-refractivity contribution in [3.8, 4) is 0 Å². The summed E-state index contributed by atoms with van der Waals surface area (Å²) in [5, 5.41) is 13.3. The predicted molar refractivity (Wildman–Crippen MR) is 109 cm³/mol. The van der Waals surface area contributed by atoms with Gasteiger partial charge in [-0.2, -0.15) is 0 Å². The van der Waals surface area contributed by atoms with Crippen molar-refractivity contribution in [2.75, 3.05) is 17.2 Å². The van der Waals surface area contributed by atoms with Gasteiger partial charge in [0.15, 0.2) is 0 Å². The molecule has 1 heterocycles. The Balaban J connectivity index is 1.70. The monoisotopic (exact) mass is 346 g/mol. The van der Waals surface area contributed by atoms with Gasteiger partial charge < -0.3 is 27.9 Å². The van der Waals surface area contributed by atoms with Crippen LogP contribution in [0.1, 0.15) is 11.1 Å². The zero-order valence-corrected chi connectivity index (χ0v) is 14.4. The summed E-state index contributed by atoms with van der Waals surface area (Å²) in [6, 6.07) is 16.3. The Hall–Kier alpha value is -3.54. The maximum atomic E-state index is 7.63. The number of rotatable bonds is 6. The fourth-order valence-corrected chi connectivity index (χ4v) is 2.81. The first-order valence-electron chi connectivity index (χ1n) is 8.27. The minimum absolute atomic E-state index is 0.216. The second-order valence-corrected chi connectivity index (χ2v) is 6.11. The van der Waals surface area contributed by atoms with E-state index in [1.165, 1.54) is 22.6 Å². The van der Waals surface area contributed by atoms with Gasteiger partial charge in [0.2, 0.25) is 0 Å². The normalized spacial score (nSPS) is 11.5.